The van der Waals surface area contributed by atoms with Gasteiger partial charge in [-0.05, 0) is 44.5 Å². The average Bonchev–Trinajstić information content (AvgIpc) is 2.60. The number of hydrogen-bond donors (Lipinski definition) is 2. The highest BCUT2D eigenvalue weighted by molar-refractivity contribution is 7.89. The predicted octanol–water partition coefficient (Wildman–Crippen LogP) is 2.70. The monoisotopic (exact) mass is 376 g/mol. The van der Waals surface area contributed by atoms with Crippen LogP contribution >= 0.6 is 0 Å². The first-order valence-electron chi connectivity index (χ1n) is 8.44. The van der Waals surface area contributed by atoms with Crippen molar-refractivity contribution in [2.24, 2.45) is 0 Å². The normalized spacial score (nSPS) is 11.4. The van der Waals surface area contributed by atoms with Crippen LogP contribution in [0.5, 0.6) is 5.75 Å². The number of carbonyl (C=O) groups is 1. The molecule has 0 saturated heterocycles. The molecule has 0 aromatic heterocycles. The van der Waals surface area contributed by atoms with Gasteiger partial charge >= 0.3 is 0 Å². The lowest BCUT2D eigenvalue weighted by Gasteiger charge is -2.15. The molecule has 6 nitrogen and oxygen atoms in total. The molecule has 0 spiro atoms. The molecular formula is C19H24N2O4S. The zero-order valence-electron chi connectivity index (χ0n) is 15.2. The summed E-state index contributed by atoms with van der Waals surface area (Å²) in [6.45, 7) is 5.92. The standard InChI is InChI=1S/C19H24N2O4S/c1-4-25-17-11-10-16(12-18(17)26(23,24)21-14(2)3)19(22)20-13-15-8-6-5-7-9-15/h5-12,14,21H,4,13H2,1-3H3,(H,20,22). The van der Waals surface area contributed by atoms with Crippen LogP contribution in [0.1, 0.15) is 36.7 Å². The number of sulfonamides is 1. The van der Waals surface area contributed by atoms with Gasteiger partial charge in [0.1, 0.15) is 10.6 Å². The molecule has 2 rings (SSSR count). The van der Waals surface area contributed by atoms with Gasteiger partial charge in [-0.2, -0.15) is 0 Å². The first-order chi connectivity index (χ1) is 12.3. The van der Waals surface area contributed by atoms with Gasteiger partial charge in [-0.15, -0.1) is 0 Å². The third-order valence-corrected chi connectivity index (χ3v) is 5.16. The van der Waals surface area contributed by atoms with Crippen LogP contribution in [0.4, 0.5) is 0 Å². The third-order valence-electron chi connectivity index (χ3n) is 3.48. The van der Waals surface area contributed by atoms with Crippen LogP contribution in [0.15, 0.2) is 53.4 Å². The van der Waals surface area contributed by atoms with E-state index in [0.717, 1.165) is 5.56 Å². The first kappa shape index (κ1) is 19.9. The Kier molecular flexibility index (Phi) is 6.76. The lowest BCUT2D eigenvalue weighted by molar-refractivity contribution is 0.0950. The van der Waals surface area contributed by atoms with Crippen molar-refractivity contribution in [3.8, 4) is 5.75 Å². The molecule has 1 amide bonds. The molecule has 0 aliphatic carbocycles. The maximum atomic E-state index is 12.6. The fourth-order valence-corrected chi connectivity index (χ4v) is 3.81. The van der Waals surface area contributed by atoms with Gasteiger partial charge in [-0.25, -0.2) is 13.1 Å². The van der Waals surface area contributed by atoms with Crippen LogP contribution in [0.25, 0.3) is 0 Å². The van der Waals surface area contributed by atoms with E-state index in [4.69, 9.17) is 4.74 Å². The minimum absolute atomic E-state index is 0.0413. The lowest BCUT2D eigenvalue weighted by Crippen LogP contribution is -2.31. The molecular weight excluding hydrogens is 352 g/mol. The van der Waals surface area contributed by atoms with Gasteiger partial charge in [0.25, 0.3) is 5.91 Å². The molecule has 7 heteroatoms. The Morgan fingerprint density at radius 1 is 1.12 bits per heavy atom. The quantitative estimate of drug-likeness (QED) is 0.742. The van der Waals surface area contributed by atoms with Crippen molar-refractivity contribution in [3.63, 3.8) is 0 Å². The van der Waals surface area contributed by atoms with E-state index < -0.39 is 10.0 Å². The number of benzene rings is 2. The summed E-state index contributed by atoms with van der Waals surface area (Å²) < 4.78 is 33.1. The van der Waals surface area contributed by atoms with Gasteiger partial charge in [0.05, 0.1) is 6.61 Å². The number of rotatable bonds is 8. The topological polar surface area (TPSA) is 84.5 Å². The van der Waals surface area contributed by atoms with Gasteiger partial charge in [-0.3, -0.25) is 4.79 Å². The first-order valence-corrected chi connectivity index (χ1v) is 9.93. The number of nitrogens with one attached hydrogen (secondary N) is 2. The van der Waals surface area contributed by atoms with E-state index in [1.165, 1.54) is 12.1 Å². The molecule has 2 aromatic rings. The zero-order valence-corrected chi connectivity index (χ0v) is 16.0. The summed E-state index contributed by atoms with van der Waals surface area (Å²) in [7, 11) is -3.79. The second-order valence-electron chi connectivity index (χ2n) is 6.04. The van der Waals surface area contributed by atoms with Crippen LogP contribution in [0, 0.1) is 0 Å². The highest BCUT2D eigenvalue weighted by Gasteiger charge is 2.22. The fourth-order valence-electron chi connectivity index (χ4n) is 2.39. The van der Waals surface area contributed by atoms with Gasteiger partial charge in [0, 0.05) is 18.2 Å². The Balaban J connectivity index is 2.26. The van der Waals surface area contributed by atoms with Crippen LogP contribution in [-0.2, 0) is 16.6 Å². The van der Waals surface area contributed by atoms with Gasteiger partial charge in [0.2, 0.25) is 10.0 Å². The molecule has 2 aromatic carbocycles. The molecule has 26 heavy (non-hydrogen) atoms. The van der Waals surface area contributed by atoms with Crippen molar-refractivity contribution in [1.29, 1.82) is 0 Å². The smallest absolute Gasteiger partial charge is 0.251 e. The number of amides is 1. The number of hydrogen-bond acceptors (Lipinski definition) is 4. The van der Waals surface area contributed by atoms with E-state index in [0.29, 0.717) is 13.2 Å². The third kappa shape index (κ3) is 5.31. The molecule has 0 fully saturated rings. The van der Waals surface area contributed by atoms with Gasteiger partial charge in [-0.1, -0.05) is 30.3 Å². The fraction of sp³-hybridized carbons (Fsp3) is 0.316. The zero-order chi connectivity index (χ0) is 19.2. The summed E-state index contributed by atoms with van der Waals surface area (Å²) in [5.41, 5.74) is 1.22. The maximum absolute atomic E-state index is 12.6. The summed E-state index contributed by atoms with van der Waals surface area (Å²) in [4.78, 5) is 12.4. The molecule has 2 N–H and O–H groups in total. The van der Waals surface area contributed by atoms with E-state index in [2.05, 4.69) is 10.0 Å². The lowest BCUT2D eigenvalue weighted by atomic mass is 10.2. The van der Waals surface area contributed by atoms with E-state index in [1.807, 2.05) is 30.3 Å². The van der Waals surface area contributed by atoms with Crippen LogP contribution in [0.3, 0.4) is 0 Å². The van der Waals surface area contributed by atoms with Gasteiger partial charge < -0.3 is 10.1 Å². The summed E-state index contributed by atoms with van der Waals surface area (Å²) in [5, 5.41) is 2.79. The van der Waals surface area contributed by atoms with Crippen molar-refractivity contribution >= 4 is 15.9 Å². The minimum Gasteiger partial charge on any atom is -0.492 e. The summed E-state index contributed by atoms with van der Waals surface area (Å²) in [6.07, 6.45) is 0. The second-order valence-corrected chi connectivity index (χ2v) is 7.72. The summed E-state index contributed by atoms with van der Waals surface area (Å²) >= 11 is 0. The van der Waals surface area contributed by atoms with Crippen molar-refractivity contribution < 1.29 is 17.9 Å². The SMILES string of the molecule is CCOc1ccc(C(=O)NCc2ccccc2)cc1S(=O)(=O)NC(C)C. The molecule has 0 unspecified atom stereocenters. The Bertz CT molecular complexity index is 849. The largest absolute Gasteiger partial charge is 0.492 e. The Morgan fingerprint density at radius 3 is 2.42 bits per heavy atom. The maximum Gasteiger partial charge on any atom is 0.251 e. The predicted molar refractivity (Wildman–Crippen MR) is 101 cm³/mol. The molecule has 0 bridgehead atoms. The van der Waals surface area contributed by atoms with Crippen molar-refractivity contribution in [2.45, 2.75) is 38.3 Å². The van der Waals surface area contributed by atoms with E-state index in [-0.39, 0.29) is 28.2 Å². The number of carbonyl (C=O) groups excluding carboxylic acids is 1. The number of ether oxygens (including phenoxy) is 1. The van der Waals surface area contributed by atoms with Gasteiger partial charge in [0.15, 0.2) is 0 Å². The van der Waals surface area contributed by atoms with Crippen molar-refractivity contribution in [2.75, 3.05) is 6.61 Å². The summed E-state index contributed by atoms with van der Waals surface area (Å²) in [6, 6.07) is 13.6. The van der Waals surface area contributed by atoms with E-state index >= 15 is 0 Å². The molecule has 0 atom stereocenters. The van der Waals surface area contributed by atoms with E-state index in [9.17, 15) is 13.2 Å². The van der Waals surface area contributed by atoms with Crippen LogP contribution < -0.4 is 14.8 Å². The molecule has 0 radical (unpaired) electrons. The molecule has 0 aliphatic rings. The molecule has 0 saturated carbocycles. The van der Waals surface area contributed by atoms with Crippen molar-refractivity contribution in [3.05, 3.63) is 59.7 Å². The highest BCUT2D eigenvalue weighted by Crippen LogP contribution is 2.25. The second kappa shape index (κ2) is 8.82. The van der Waals surface area contributed by atoms with E-state index in [1.54, 1.807) is 26.8 Å². The Morgan fingerprint density at radius 2 is 1.81 bits per heavy atom. The highest BCUT2D eigenvalue weighted by atomic mass is 32.2. The average molecular weight is 376 g/mol. The van der Waals surface area contributed by atoms with Crippen molar-refractivity contribution in [1.82, 2.24) is 10.0 Å². The van der Waals surface area contributed by atoms with Crippen LogP contribution in [0.2, 0.25) is 0 Å². The van der Waals surface area contributed by atoms with Crippen LogP contribution in [-0.4, -0.2) is 27.0 Å². The summed E-state index contributed by atoms with van der Waals surface area (Å²) in [5.74, 6) is -0.127. The Hall–Kier alpha value is -2.38. The minimum atomic E-state index is -3.79. The molecule has 0 heterocycles. The molecule has 140 valence electrons. The Labute approximate surface area is 154 Å². The molecule has 0 aliphatic heterocycles.